The Kier molecular flexibility index (Phi) is 5.71. The topological polar surface area (TPSA) is 79.9 Å². The minimum atomic E-state index is 0.425. The van der Waals surface area contributed by atoms with Crippen LogP contribution in [0, 0.1) is 0 Å². The van der Waals surface area contributed by atoms with Crippen LogP contribution in [0.5, 0.6) is 5.88 Å². The molecule has 2 aromatic heterocycles. The van der Waals surface area contributed by atoms with E-state index >= 15 is 0 Å². The van der Waals surface area contributed by atoms with Crippen molar-refractivity contribution in [3.05, 3.63) is 34.9 Å². The molecule has 2 aromatic rings. The number of aromatic nitrogens is 2. The maximum atomic E-state index is 6.07. The smallest absolute Gasteiger partial charge is 0.213 e. The number of piperazine rings is 1. The number of aliphatic imine (C=N–C) groups is 1. The number of halogens is 1. The van der Waals surface area contributed by atoms with Gasteiger partial charge in [0, 0.05) is 50.0 Å². The first-order valence-corrected chi connectivity index (χ1v) is 8.92. The number of thiazole rings is 1. The first-order valence-electron chi connectivity index (χ1n) is 7.66. The maximum Gasteiger partial charge on any atom is 0.213 e. The van der Waals surface area contributed by atoms with Crippen molar-refractivity contribution in [1.82, 2.24) is 14.9 Å². The zero-order chi connectivity index (χ0) is 16.8. The van der Waals surface area contributed by atoms with Crippen molar-refractivity contribution in [3.8, 4) is 5.88 Å². The van der Waals surface area contributed by atoms with Crippen LogP contribution in [-0.4, -0.2) is 60.2 Å². The third-order valence-electron chi connectivity index (χ3n) is 3.61. The molecular weight excluding hydrogens is 348 g/mol. The lowest BCUT2D eigenvalue weighted by Crippen LogP contribution is -2.51. The van der Waals surface area contributed by atoms with Crippen molar-refractivity contribution < 1.29 is 4.74 Å². The summed E-state index contributed by atoms with van der Waals surface area (Å²) in [7, 11) is 0. The molecule has 0 spiro atoms. The summed E-state index contributed by atoms with van der Waals surface area (Å²) < 4.78 is 5.50. The second kappa shape index (κ2) is 8.16. The van der Waals surface area contributed by atoms with Crippen LogP contribution in [0.3, 0.4) is 0 Å². The fraction of sp³-hybridized carbons (Fsp3) is 0.400. The first kappa shape index (κ1) is 16.8. The molecule has 0 bridgehead atoms. The first-order chi connectivity index (χ1) is 11.7. The van der Waals surface area contributed by atoms with Crippen molar-refractivity contribution in [1.29, 1.82) is 0 Å². The van der Waals surface area contributed by atoms with Gasteiger partial charge in [0.05, 0.1) is 11.6 Å². The summed E-state index contributed by atoms with van der Waals surface area (Å²) >= 11 is 7.43. The predicted molar refractivity (Wildman–Crippen MR) is 97.1 cm³/mol. The number of anilines is 1. The zero-order valence-corrected chi connectivity index (χ0v) is 14.7. The molecule has 0 radical (unpaired) electrons. The van der Waals surface area contributed by atoms with Crippen LogP contribution in [0.4, 0.5) is 5.13 Å². The van der Waals surface area contributed by atoms with E-state index in [0.29, 0.717) is 30.0 Å². The number of hydrogen-bond acceptors (Lipinski definition) is 6. The Balaban J connectivity index is 1.40. The van der Waals surface area contributed by atoms with E-state index in [9.17, 15) is 0 Å². The van der Waals surface area contributed by atoms with Crippen molar-refractivity contribution in [3.63, 3.8) is 0 Å². The second-order valence-corrected chi connectivity index (χ2v) is 6.50. The van der Waals surface area contributed by atoms with Crippen LogP contribution in [0.1, 0.15) is 0 Å². The van der Waals surface area contributed by atoms with Crippen LogP contribution in [0.2, 0.25) is 5.02 Å². The van der Waals surface area contributed by atoms with Crippen LogP contribution in [-0.2, 0) is 0 Å². The highest BCUT2D eigenvalue weighted by Crippen LogP contribution is 2.18. The molecule has 0 aliphatic carbocycles. The number of pyridine rings is 1. The highest BCUT2D eigenvalue weighted by molar-refractivity contribution is 7.13. The SMILES string of the molecule is NC(=NCCOc1ccc(Cl)cn1)N1CCN(c2nccs2)CC1. The molecule has 0 amide bonds. The lowest BCUT2D eigenvalue weighted by atomic mass is 10.3. The Labute approximate surface area is 149 Å². The van der Waals surface area contributed by atoms with Crippen molar-refractivity contribution in [2.45, 2.75) is 0 Å². The number of nitrogens with zero attached hydrogens (tertiary/aromatic N) is 5. The van der Waals surface area contributed by atoms with Gasteiger partial charge < -0.3 is 20.3 Å². The molecule has 1 aliphatic heterocycles. The van der Waals surface area contributed by atoms with Gasteiger partial charge in [-0.05, 0) is 6.07 Å². The highest BCUT2D eigenvalue weighted by atomic mass is 35.5. The summed E-state index contributed by atoms with van der Waals surface area (Å²) in [5, 5.41) is 3.64. The summed E-state index contributed by atoms with van der Waals surface area (Å²) in [6, 6.07) is 3.47. The fourth-order valence-corrected chi connectivity index (χ4v) is 3.17. The minimum Gasteiger partial charge on any atom is -0.476 e. The number of ether oxygens (including phenoxy) is 1. The predicted octanol–water partition coefficient (Wildman–Crippen LogP) is 1.71. The number of nitrogens with two attached hydrogens (primary N) is 1. The zero-order valence-electron chi connectivity index (χ0n) is 13.1. The molecule has 3 rings (SSSR count). The van der Waals surface area contributed by atoms with Crippen LogP contribution >= 0.6 is 22.9 Å². The molecule has 1 saturated heterocycles. The van der Waals surface area contributed by atoms with Gasteiger partial charge in [-0.2, -0.15) is 0 Å². The van der Waals surface area contributed by atoms with Gasteiger partial charge in [0.15, 0.2) is 11.1 Å². The summed E-state index contributed by atoms with van der Waals surface area (Å²) in [6.07, 6.45) is 3.38. The molecule has 0 aromatic carbocycles. The Bertz CT molecular complexity index is 655. The summed E-state index contributed by atoms with van der Waals surface area (Å²) in [4.78, 5) is 17.1. The van der Waals surface area contributed by atoms with E-state index in [-0.39, 0.29) is 0 Å². The largest absolute Gasteiger partial charge is 0.476 e. The van der Waals surface area contributed by atoms with Gasteiger partial charge in [-0.3, -0.25) is 0 Å². The van der Waals surface area contributed by atoms with Gasteiger partial charge in [-0.1, -0.05) is 11.6 Å². The van der Waals surface area contributed by atoms with Crippen molar-refractivity contribution in [2.75, 3.05) is 44.2 Å². The van der Waals surface area contributed by atoms with E-state index in [2.05, 4.69) is 24.8 Å². The third-order valence-corrected chi connectivity index (χ3v) is 4.66. The maximum absolute atomic E-state index is 6.07. The molecule has 0 unspecified atom stereocenters. The lowest BCUT2D eigenvalue weighted by Gasteiger charge is -2.35. The summed E-state index contributed by atoms with van der Waals surface area (Å²) in [6.45, 7) is 4.39. The van der Waals surface area contributed by atoms with E-state index in [1.54, 1.807) is 29.7 Å². The molecule has 128 valence electrons. The van der Waals surface area contributed by atoms with E-state index in [0.717, 1.165) is 31.3 Å². The molecule has 7 nitrogen and oxygen atoms in total. The van der Waals surface area contributed by atoms with Gasteiger partial charge >= 0.3 is 0 Å². The Morgan fingerprint density at radius 1 is 1.29 bits per heavy atom. The van der Waals surface area contributed by atoms with Gasteiger partial charge in [-0.25, -0.2) is 15.0 Å². The molecule has 3 heterocycles. The quantitative estimate of drug-likeness (QED) is 0.493. The van der Waals surface area contributed by atoms with E-state index in [4.69, 9.17) is 22.1 Å². The molecule has 1 aliphatic rings. The second-order valence-electron chi connectivity index (χ2n) is 5.19. The Morgan fingerprint density at radius 3 is 2.79 bits per heavy atom. The number of rotatable bonds is 5. The van der Waals surface area contributed by atoms with Gasteiger partial charge in [0.25, 0.3) is 0 Å². The third kappa shape index (κ3) is 4.48. The fourth-order valence-electron chi connectivity index (χ4n) is 2.36. The number of hydrogen-bond donors (Lipinski definition) is 1. The molecular formula is C15H19ClN6OS. The minimum absolute atomic E-state index is 0.425. The van der Waals surface area contributed by atoms with Gasteiger partial charge in [-0.15, -0.1) is 11.3 Å². The average molecular weight is 367 g/mol. The summed E-state index contributed by atoms with van der Waals surface area (Å²) in [5.41, 5.74) is 6.07. The van der Waals surface area contributed by atoms with Crippen molar-refractivity contribution >= 4 is 34.0 Å². The van der Waals surface area contributed by atoms with E-state index < -0.39 is 0 Å². The molecule has 2 N–H and O–H groups in total. The molecule has 1 fully saturated rings. The normalized spacial score (nSPS) is 15.6. The van der Waals surface area contributed by atoms with Crippen LogP contribution < -0.4 is 15.4 Å². The lowest BCUT2D eigenvalue weighted by molar-refractivity contribution is 0.314. The molecule has 0 saturated carbocycles. The van der Waals surface area contributed by atoms with Crippen LogP contribution in [0.15, 0.2) is 34.9 Å². The standard InChI is InChI=1S/C15H19ClN6OS/c16-12-1-2-13(20-11-12)23-9-3-18-14(17)21-5-7-22(8-6-21)15-19-4-10-24-15/h1-2,4,10-11H,3,5-9H2,(H2,17,18). The van der Waals surface area contributed by atoms with Gasteiger partial charge in [0.1, 0.15) is 6.61 Å². The monoisotopic (exact) mass is 366 g/mol. The van der Waals surface area contributed by atoms with E-state index in [1.165, 1.54) is 0 Å². The molecule has 9 heteroatoms. The molecule has 24 heavy (non-hydrogen) atoms. The summed E-state index contributed by atoms with van der Waals surface area (Å²) in [5.74, 6) is 1.09. The molecule has 0 atom stereocenters. The highest BCUT2D eigenvalue weighted by Gasteiger charge is 2.19. The van der Waals surface area contributed by atoms with Gasteiger partial charge in [0.2, 0.25) is 5.88 Å². The Hall–Kier alpha value is -2.06. The van der Waals surface area contributed by atoms with E-state index in [1.807, 2.05) is 11.6 Å². The van der Waals surface area contributed by atoms with Crippen LogP contribution in [0.25, 0.3) is 0 Å². The van der Waals surface area contributed by atoms with Crippen molar-refractivity contribution in [2.24, 2.45) is 10.7 Å². The Morgan fingerprint density at radius 2 is 2.12 bits per heavy atom. The number of guanidine groups is 1. The average Bonchev–Trinajstić information content (AvgIpc) is 3.15.